The quantitative estimate of drug-likeness (QED) is 0.638. The molecule has 0 aliphatic rings. The number of halogens is 2. The van der Waals surface area contributed by atoms with Gasteiger partial charge < -0.3 is 21.3 Å². The molecule has 0 heterocycles. The van der Waals surface area contributed by atoms with Crippen LogP contribution in [0.5, 0.6) is 5.75 Å². The Morgan fingerprint density at radius 1 is 1.27 bits per heavy atom. The minimum absolute atomic E-state index is 0.648. The van der Waals surface area contributed by atoms with Crippen LogP contribution in [0.4, 0.5) is 20.2 Å². The fourth-order valence-corrected chi connectivity index (χ4v) is 1.09. The van der Waals surface area contributed by atoms with Gasteiger partial charge in [-0.15, -0.1) is 0 Å². The first-order valence-electron chi connectivity index (χ1n) is 3.75. The van der Waals surface area contributed by atoms with Gasteiger partial charge in [-0.3, -0.25) is 0 Å². The van der Waals surface area contributed by atoms with E-state index in [4.69, 9.17) is 16.6 Å². The van der Waals surface area contributed by atoms with E-state index >= 15 is 0 Å². The van der Waals surface area contributed by atoms with E-state index in [0.717, 1.165) is 7.11 Å². The number of ether oxygens (including phenoxy) is 1. The SMILES string of the molecule is COc1c(F)c(N)c(N)c(C(=O)O)c1F. The summed E-state index contributed by atoms with van der Waals surface area (Å²) in [5.74, 6) is -5.10. The molecule has 5 nitrogen and oxygen atoms in total. The van der Waals surface area contributed by atoms with Crippen LogP contribution in [-0.4, -0.2) is 18.2 Å². The monoisotopic (exact) mass is 218 g/mol. The minimum atomic E-state index is -1.64. The van der Waals surface area contributed by atoms with E-state index in [-0.39, 0.29) is 0 Å². The molecular formula is C8H8F2N2O3. The number of hydrogen-bond acceptors (Lipinski definition) is 4. The predicted octanol–water partition coefficient (Wildman–Crippen LogP) is 0.836. The first kappa shape index (κ1) is 11.0. The number of rotatable bonds is 2. The van der Waals surface area contributed by atoms with Crippen LogP contribution in [0.1, 0.15) is 10.4 Å². The zero-order valence-electron chi connectivity index (χ0n) is 7.67. The molecule has 1 rings (SSSR count). The van der Waals surface area contributed by atoms with E-state index in [2.05, 4.69) is 4.74 Å². The Morgan fingerprint density at radius 2 is 1.80 bits per heavy atom. The molecule has 0 saturated carbocycles. The summed E-state index contributed by atoms with van der Waals surface area (Å²) in [6.45, 7) is 0. The molecule has 82 valence electrons. The topological polar surface area (TPSA) is 98.6 Å². The van der Waals surface area contributed by atoms with Gasteiger partial charge in [-0.05, 0) is 0 Å². The molecule has 0 bridgehead atoms. The lowest BCUT2D eigenvalue weighted by Crippen LogP contribution is -2.12. The Labute approximate surface area is 83.2 Å². The molecule has 0 fully saturated rings. The zero-order valence-corrected chi connectivity index (χ0v) is 7.67. The number of anilines is 2. The van der Waals surface area contributed by atoms with Gasteiger partial charge in [-0.25, -0.2) is 13.6 Å². The van der Waals surface area contributed by atoms with Crippen LogP contribution in [0.15, 0.2) is 0 Å². The van der Waals surface area contributed by atoms with Gasteiger partial charge >= 0.3 is 5.97 Å². The molecule has 0 unspecified atom stereocenters. The normalized spacial score (nSPS) is 10.1. The first-order valence-corrected chi connectivity index (χ1v) is 3.75. The van der Waals surface area contributed by atoms with E-state index in [0.29, 0.717) is 0 Å². The maximum atomic E-state index is 13.3. The third-order valence-electron chi connectivity index (χ3n) is 1.83. The van der Waals surface area contributed by atoms with Crippen molar-refractivity contribution in [2.45, 2.75) is 0 Å². The van der Waals surface area contributed by atoms with Gasteiger partial charge in [-0.1, -0.05) is 0 Å². The Bertz CT molecular complexity index is 435. The van der Waals surface area contributed by atoms with Gasteiger partial charge in [-0.2, -0.15) is 0 Å². The van der Waals surface area contributed by atoms with Gasteiger partial charge in [0.1, 0.15) is 5.56 Å². The third kappa shape index (κ3) is 1.51. The molecule has 1 aromatic carbocycles. The van der Waals surface area contributed by atoms with Gasteiger partial charge in [0.25, 0.3) is 0 Å². The molecule has 0 aliphatic heterocycles. The highest BCUT2D eigenvalue weighted by atomic mass is 19.1. The van der Waals surface area contributed by atoms with Crippen LogP contribution in [0, 0.1) is 11.6 Å². The van der Waals surface area contributed by atoms with Crippen LogP contribution < -0.4 is 16.2 Å². The van der Waals surface area contributed by atoms with Crippen molar-refractivity contribution < 1.29 is 23.4 Å². The molecular weight excluding hydrogens is 210 g/mol. The summed E-state index contributed by atoms with van der Waals surface area (Å²) < 4.78 is 30.9. The van der Waals surface area contributed by atoms with Crippen LogP contribution >= 0.6 is 0 Å². The summed E-state index contributed by atoms with van der Waals surface area (Å²) in [5, 5.41) is 8.63. The highest BCUT2D eigenvalue weighted by Crippen LogP contribution is 2.34. The maximum absolute atomic E-state index is 13.3. The van der Waals surface area contributed by atoms with Crippen molar-refractivity contribution in [3.63, 3.8) is 0 Å². The molecule has 0 aliphatic carbocycles. The van der Waals surface area contributed by atoms with E-state index in [1.807, 2.05) is 0 Å². The average molecular weight is 218 g/mol. The lowest BCUT2D eigenvalue weighted by atomic mass is 10.1. The summed E-state index contributed by atoms with van der Waals surface area (Å²) in [6.07, 6.45) is 0. The lowest BCUT2D eigenvalue weighted by Gasteiger charge is -2.11. The smallest absolute Gasteiger partial charge is 0.341 e. The lowest BCUT2D eigenvalue weighted by molar-refractivity contribution is 0.0692. The Morgan fingerprint density at radius 3 is 2.20 bits per heavy atom. The standard InChI is InChI=1S/C8H8F2N2O3/c1-15-7-3(9)2(8(13)14)5(11)6(12)4(7)10/h11-12H2,1H3,(H,13,14). The zero-order chi connectivity index (χ0) is 11.7. The van der Waals surface area contributed by atoms with E-state index in [9.17, 15) is 13.6 Å². The second kappa shape index (κ2) is 3.60. The molecule has 7 heteroatoms. The van der Waals surface area contributed by atoms with Crippen LogP contribution in [0.25, 0.3) is 0 Å². The number of carboxylic acid groups (broad SMARTS) is 1. The molecule has 0 amide bonds. The van der Waals surface area contributed by atoms with Crippen LogP contribution in [0.3, 0.4) is 0 Å². The largest absolute Gasteiger partial charge is 0.491 e. The Hall–Kier alpha value is -2.05. The minimum Gasteiger partial charge on any atom is -0.491 e. The summed E-state index contributed by atoms with van der Waals surface area (Å²) >= 11 is 0. The summed E-state index contributed by atoms with van der Waals surface area (Å²) in [5.41, 5.74) is 8.12. The van der Waals surface area contributed by atoms with Crippen molar-refractivity contribution in [2.75, 3.05) is 18.6 Å². The number of carboxylic acids is 1. The second-order valence-corrected chi connectivity index (χ2v) is 2.67. The fraction of sp³-hybridized carbons (Fsp3) is 0.125. The fourth-order valence-electron chi connectivity index (χ4n) is 1.09. The maximum Gasteiger partial charge on any atom is 0.341 e. The third-order valence-corrected chi connectivity index (χ3v) is 1.83. The van der Waals surface area contributed by atoms with Gasteiger partial charge in [0.15, 0.2) is 17.4 Å². The highest BCUT2D eigenvalue weighted by Gasteiger charge is 2.26. The number of benzene rings is 1. The second-order valence-electron chi connectivity index (χ2n) is 2.67. The molecule has 0 radical (unpaired) electrons. The number of nitrogens with two attached hydrogens (primary N) is 2. The van der Waals surface area contributed by atoms with Crippen molar-refractivity contribution >= 4 is 17.3 Å². The Balaban J connectivity index is 3.68. The number of carbonyl (C=O) groups is 1. The van der Waals surface area contributed by atoms with Crippen LogP contribution in [0.2, 0.25) is 0 Å². The number of nitrogen functional groups attached to an aromatic ring is 2. The van der Waals surface area contributed by atoms with Gasteiger partial charge in [0.2, 0.25) is 0 Å². The van der Waals surface area contributed by atoms with Crippen molar-refractivity contribution in [1.82, 2.24) is 0 Å². The van der Waals surface area contributed by atoms with Crippen molar-refractivity contribution in [1.29, 1.82) is 0 Å². The summed E-state index contributed by atoms with van der Waals surface area (Å²) in [4.78, 5) is 10.6. The number of hydrogen-bond donors (Lipinski definition) is 3. The summed E-state index contributed by atoms with van der Waals surface area (Å²) in [6, 6.07) is 0. The van der Waals surface area contributed by atoms with Crippen molar-refractivity contribution in [3.8, 4) is 5.75 Å². The van der Waals surface area contributed by atoms with Gasteiger partial charge in [0.05, 0.1) is 18.5 Å². The molecule has 0 atom stereocenters. The molecule has 0 spiro atoms. The van der Waals surface area contributed by atoms with E-state index in [1.54, 1.807) is 0 Å². The average Bonchev–Trinajstić information content (AvgIpc) is 2.15. The molecule has 0 saturated heterocycles. The van der Waals surface area contributed by atoms with E-state index < -0.39 is 40.3 Å². The van der Waals surface area contributed by atoms with Gasteiger partial charge in [0, 0.05) is 0 Å². The number of methoxy groups -OCH3 is 1. The molecule has 1 aromatic rings. The van der Waals surface area contributed by atoms with Crippen LogP contribution in [-0.2, 0) is 0 Å². The molecule has 15 heavy (non-hydrogen) atoms. The summed E-state index contributed by atoms with van der Waals surface area (Å²) in [7, 11) is 0.989. The first-order chi connectivity index (χ1) is 6.91. The van der Waals surface area contributed by atoms with Crippen molar-refractivity contribution in [3.05, 3.63) is 17.2 Å². The predicted molar refractivity (Wildman–Crippen MR) is 48.7 cm³/mol. The van der Waals surface area contributed by atoms with Crippen molar-refractivity contribution in [2.24, 2.45) is 0 Å². The molecule has 5 N–H and O–H groups in total. The Kier molecular flexibility index (Phi) is 2.65. The van der Waals surface area contributed by atoms with E-state index in [1.165, 1.54) is 0 Å². The molecule has 0 aromatic heterocycles. The number of aromatic carboxylic acids is 1. The highest BCUT2D eigenvalue weighted by molar-refractivity contribution is 5.98.